The first-order valence-electron chi connectivity index (χ1n) is 6.36. The molecule has 0 radical (unpaired) electrons. The molecular weight excluding hydrogens is 261 g/mol. The molecule has 20 heavy (non-hydrogen) atoms. The van der Waals surface area contributed by atoms with Crippen molar-refractivity contribution in [3.8, 4) is 5.75 Å². The number of nitrogen functional groups attached to an aromatic ring is 1. The lowest BCUT2D eigenvalue weighted by molar-refractivity contribution is 0.231. The van der Waals surface area contributed by atoms with E-state index < -0.39 is 5.82 Å². The van der Waals surface area contributed by atoms with Crippen molar-refractivity contribution in [2.24, 2.45) is 0 Å². The lowest BCUT2D eigenvalue weighted by Gasteiger charge is -2.14. The quantitative estimate of drug-likeness (QED) is 0.823. The first-order valence-corrected chi connectivity index (χ1v) is 6.36. The molecule has 0 aliphatic rings. The highest BCUT2D eigenvalue weighted by molar-refractivity contribution is 5.68. The Morgan fingerprint density at radius 2 is 2.20 bits per heavy atom. The van der Waals surface area contributed by atoms with Gasteiger partial charge in [-0.05, 0) is 20.8 Å². The number of ether oxygens (including phenoxy) is 1. The number of nitrogens with two attached hydrogens (primary N) is 1. The number of aromatic nitrogens is 1. The third-order valence-corrected chi connectivity index (χ3v) is 2.57. The van der Waals surface area contributed by atoms with E-state index in [1.807, 2.05) is 20.8 Å². The Balaban J connectivity index is 2.14. The summed E-state index contributed by atoms with van der Waals surface area (Å²) in [5.41, 5.74) is 6.67. The van der Waals surface area contributed by atoms with Gasteiger partial charge in [0.2, 0.25) is 5.89 Å². The molecule has 1 aromatic heterocycles. The second-order valence-electron chi connectivity index (χ2n) is 4.75. The van der Waals surface area contributed by atoms with Crippen LogP contribution in [0.2, 0.25) is 0 Å². The maximum absolute atomic E-state index is 13.7. The van der Waals surface area contributed by atoms with Crippen LogP contribution in [-0.2, 0) is 6.54 Å². The standard InChI is InChI=1S/C14H18FN3O2/c1-8(2)19-13-5-12(11(16)4-10(13)15)17-7-14-18-6-9(3)20-14/h4-6,8,17H,7,16H2,1-3H3. The van der Waals surface area contributed by atoms with Gasteiger partial charge in [-0.25, -0.2) is 9.37 Å². The monoisotopic (exact) mass is 279 g/mol. The Labute approximate surface area is 116 Å². The van der Waals surface area contributed by atoms with Crippen LogP contribution >= 0.6 is 0 Å². The van der Waals surface area contributed by atoms with Gasteiger partial charge < -0.3 is 20.2 Å². The molecular formula is C14H18FN3O2. The molecule has 2 aromatic rings. The molecule has 0 unspecified atom stereocenters. The minimum atomic E-state index is -0.478. The molecule has 3 N–H and O–H groups in total. The molecule has 1 aromatic carbocycles. The Bertz CT molecular complexity index is 596. The molecule has 1 heterocycles. The molecule has 2 rings (SSSR count). The van der Waals surface area contributed by atoms with Gasteiger partial charge in [0.25, 0.3) is 0 Å². The van der Waals surface area contributed by atoms with Gasteiger partial charge in [-0.1, -0.05) is 0 Å². The Morgan fingerprint density at radius 1 is 1.45 bits per heavy atom. The Morgan fingerprint density at radius 3 is 2.80 bits per heavy atom. The van der Waals surface area contributed by atoms with E-state index in [-0.39, 0.29) is 11.9 Å². The van der Waals surface area contributed by atoms with Crippen molar-refractivity contribution in [2.75, 3.05) is 11.1 Å². The summed E-state index contributed by atoms with van der Waals surface area (Å²) >= 11 is 0. The Hall–Kier alpha value is -2.24. The first kappa shape index (κ1) is 14.2. The molecule has 0 fully saturated rings. The van der Waals surface area contributed by atoms with Crippen LogP contribution in [-0.4, -0.2) is 11.1 Å². The predicted molar refractivity (Wildman–Crippen MR) is 75.1 cm³/mol. The predicted octanol–water partition coefficient (Wildman–Crippen LogP) is 3.10. The van der Waals surface area contributed by atoms with Crippen molar-refractivity contribution in [2.45, 2.75) is 33.4 Å². The third kappa shape index (κ3) is 3.40. The van der Waals surface area contributed by atoms with E-state index in [9.17, 15) is 4.39 Å². The second kappa shape index (κ2) is 5.81. The summed E-state index contributed by atoms with van der Waals surface area (Å²) in [5.74, 6) is 0.962. The summed E-state index contributed by atoms with van der Waals surface area (Å²) in [6, 6.07) is 2.78. The molecule has 5 nitrogen and oxygen atoms in total. The summed E-state index contributed by atoms with van der Waals surface area (Å²) in [4.78, 5) is 4.07. The zero-order chi connectivity index (χ0) is 14.7. The summed E-state index contributed by atoms with van der Waals surface area (Å²) < 4.78 is 24.4. The number of rotatable bonds is 5. The topological polar surface area (TPSA) is 73.3 Å². The molecule has 0 atom stereocenters. The fourth-order valence-corrected chi connectivity index (χ4v) is 1.72. The maximum atomic E-state index is 13.7. The van der Waals surface area contributed by atoms with Crippen LogP contribution in [0.25, 0.3) is 0 Å². The molecule has 0 saturated carbocycles. The highest BCUT2D eigenvalue weighted by Gasteiger charge is 2.11. The smallest absolute Gasteiger partial charge is 0.213 e. The maximum Gasteiger partial charge on any atom is 0.213 e. The lowest BCUT2D eigenvalue weighted by Crippen LogP contribution is -2.09. The van der Waals surface area contributed by atoms with E-state index in [1.54, 1.807) is 12.3 Å². The zero-order valence-corrected chi connectivity index (χ0v) is 11.7. The normalized spacial score (nSPS) is 10.8. The first-order chi connectivity index (χ1) is 9.45. The van der Waals surface area contributed by atoms with Crippen LogP contribution in [0.15, 0.2) is 22.7 Å². The summed E-state index contributed by atoms with van der Waals surface area (Å²) in [5, 5.41) is 3.06. The number of anilines is 2. The second-order valence-corrected chi connectivity index (χ2v) is 4.75. The number of nitrogens with zero attached hydrogens (tertiary/aromatic N) is 1. The van der Waals surface area contributed by atoms with Crippen LogP contribution in [0.5, 0.6) is 5.75 Å². The van der Waals surface area contributed by atoms with Crippen molar-refractivity contribution in [3.05, 3.63) is 35.8 Å². The number of oxazole rings is 1. The van der Waals surface area contributed by atoms with E-state index in [0.29, 0.717) is 23.8 Å². The minimum absolute atomic E-state index is 0.115. The average molecular weight is 279 g/mol. The van der Waals surface area contributed by atoms with Crippen molar-refractivity contribution in [1.82, 2.24) is 4.98 Å². The fourth-order valence-electron chi connectivity index (χ4n) is 1.72. The molecule has 0 aliphatic carbocycles. The highest BCUT2D eigenvalue weighted by atomic mass is 19.1. The molecule has 0 aliphatic heterocycles. The van der Waals surface area contributed by atoms with Gasteiger partial charge in [-0.3, -0.25) is 0 Å². The van der Waals surface area contributed by atoms with Crippen molar-refractivity contribution >= 4 is 11.4 Å². The van der Waals surface area contributed by atoms with Gasteiger partial charge in [0.05, 0.1) is 30.2 Å². The number of halogens is 1. The number of benzene rings is 1. The lowest BCUT2D eigenvalue weighted by atomic mass is 10.2. The van der Waals surface area contributed by atoms with E-state index in [1.165, 1.54) is 6.07 Å². The SMILES string of the molecule is Cc1cnc(CNc2cc(OC(C)C)c(F)cc2N)o1. The highest BCUT2D eigenvalue weighted by Crippen LogP contribution is 2.29. The molecule has 108 valence electrons. The van der Waals surface area contributed by atoms with Gasteiger partial charge in [0, 0.05) is 12.1 Å². The summed E-state index contributed by atoms with van der Waals surface area (Å²) in [6.07, 6.45) is 1.52. The average Bonchev–Trinajstić information content (AvgIpc) is 2.76. The van der Waals surface area contributed by atoms with Gasteiger partial charge in [-0.15, -0.1) is 0 Å². The molecule has 0 amide bonds. The fraction of sp³-hybridized carbons (Fsp3) is 0.357. The number of hydrogen-bond acceptors (Lipinski definition) is 5. The molecule has 6 heteroatoms. The van der Waals surface area contributed by atoms with Crippen molar-refractivity contribution in [3.63, 3.8) is 0 Å². The minimum Gasteiger partial charge on any atom is -0.488 e. The van der Waals surface area contributed by atoms with Gasteiger partial charge in [0.1, 0.15) is 5.76 Å². The van der Waals surface area contributed by atoms with E-state index in [4.69, 9.17) is 14.9 Å². The van der Waals surface area contributed by atoms with Gasteiger partial charge in [-0.2, -0.15) is 0 Å². The van der Waals surface area contributed by atoms with Gasteiger partial charge in [0.15, 0.2) is 11.6 Å². The van der Waals surface area contributed by atoms with Crippen LogP contribution in [0.4, 0.5) is 15.8 Å². The van der Waals surface area contributed by atoms with Gasteiger partial charge >= 0.3 is 0 Å². The van der Waals surface area contributed by atoms with Crippen LogP contribution < -0.4 is 15.8 Å². The van der Waals surface area contributed by atoms with Crippen molar-refractivity contribution in [1.29, 1.82) is 0 Å². The molecule has 0 bridgehead atoms. The molecule has 0 spiro atoms. The van der Waals surface area contributed by atoms with Crippen molar-refractivity contribution < 1.29 is 13.5 Å². The number of hydrogen-bond donors (Lipinski definition) is 2. The zero-order valence-electron chi connectivity index (χ0n) is 11.7. The van der Waals surface area contributed by atoms with Crippen LogP contribution in [0.1, 0.15) is 25.5 Å². The van der Waals surface area contributed by atoms with Crippen LogP contribution in [0, 0.1) is 12.7 Å². The van der Waals surface area contributed by atoms with Crippen LogP contribution in [0.3, 0.4) is 0 Å². The van der Waals surface area contributed by atoms with E-state index in [2.05, 4.69) is 10.3 Å². The summed E-state index contributed by atoms with van der Waals surface area (Å²) in [6.45, 7) is 5.85. The number of aryl methyl sites for hydroxylation is 1. The Kier molecular flexibility index (Phi) is 4.12. The van der Waals surface area contributed by atoms with E-state index in [0.717, 1.165) is 5.76 Å². The number of nitrogens with one attached hydrogen (secondary N) is 1. The molecule has 0 saturated heterocycles. The summed E-state index contributed by atoms with van der Waals surface area (Å²) in [7, 11) is 0. The third-order valence-electron chi connectivity index (χ3n) is 2.57. The largest absolute Gasteiger partial charge is 0.488 e. The van der Waals surface area contributed by atoms with E-state index >= 15 is 0 Å².